The van der Waals surface area contributed by atoms with Gasteiger partial charge in [-0.1, -0.05) is 0 Å². The van der Waals surface area contributed by atoms with Gasteiger partial charge in [-0.2, -0.15) is 0 Å². The molecule has 18 heavy (non-hydrogen) atoms. The number of nitrogens with one attached hydrogen (secondary N) is 1. The Labute approximate surface area is 111 Å². The Bertz CT molecular complexity index is 521. The van der Waals surface area contributed by atoms with Crippen LogP contribution in [0.4, 0.5) is 8.78 Å². The Kier molecular flexibility index (Phi) is 5.67. The fourth-order valence-corrected chi connectivity index (χ4v) is 2.54. The molecule has 0 bridgehead atoms. The van der Waals surface area contributed by atoms with E-state index < -0.39 is 27.2 Å². The molecule has 3 N–H and O–H groups in total. The van der Waals surface area contributed by atoms with Gasteiger partial charge in [0, 0.05) is 12.1 Å². The SMILES string of the molecule is CC(C)(CN)NS(=O)(=O)c1ccc(F)c(F)c1.Cl. The molecule has 0 saturated carbocycles. The third-order valence-corrected chi connectivity index (χ3v) is 3.82. The van der Waals surface area contributed by atoms with Crippen molar-refractivity contribution >= 4 is 22.4 Å². The molecule has 1 aromatic rings. The average Bonchev–Trinajstić information content (AvgIpc) is 2.20. The van der Waals surface area contributed by atoms with Gasteiger partial charge in [-0.15, -0.1) is 12.4 Å². The van der Waals surface area contributed by atoms with Crippen LogP contribution in [0, 0.1) is 11.6 Å². The monoisotopic (exact) mass is 300 g/mol. The molecule has 0 radical (unpaired) electrons. The van der Waals surface area contributed by atoms with Crippen molar-refractivity contribution in [2.75, 3.05) is 6.54 Å². The fraction of sp³-hybridized carbons (Fsp3) is 0.400. The molecule has 0 aliphatic carbocycles. The Morgan fingerprint density at radius 2 is 1.83 bits per heavy atom. The maximum absolute atomic E-state index is 12.9. The number of hydrogen-bond donors (Lipinski definition) is 2. The maximum Gasteiger partial charge on any atom is 0.241 e. The van der Waals surface area contributed by atoms with E-state index in [0.29, 0.717) is 6.07 Å². The first-order valence-electron chi connectivity index (χ1n) is 4.87. The molecule has 104 valence electrons. The first-order valence-corrected chi connectivity index (χ1v) is 6.35. The van der Waals surface area contributed by atoms with Crippen LogP contribution in [0.3, 0.4) is 0 Å². The lowest BCUT2D eigenvalue weighted by atomic mass is 10.1. The zero-order chi connectivity index (χ0) is 13.3. The first-order chi connectivity index (χ1) is 7.68. The second-order valence-electron chi connectivity index (χ2n) is 4.27. The molecule has 0 aliphatic rings. The highest BCUT2D eigenvalue weighted by molar-refractivity contribution is 7.89. The third-order valence-electron chi connectivity index (χ3n) is 2.12. The van der Waals surface area contributed by atoms with E-state index in [1.54, 1.807) is 13.8 Å². The van der Waals surface area contributed by atoms with Crippen molar-refractivity contribution in [1.82, 2.24) is 4.72 Å². The number of benzene rings is 1. The van der Waals surface area contributed by atoms with E-state index in [2.05, 4.69) is 4.72 Å². The summed E-state index contributed by atoms with van der Waals surface area (Å²) in [4.78, 5) is -0.335. The van der Waals surface area contributed by atoms with Gasteiger partial charge in [0.2, 0.25) is 10.0 Å². The normalized spacial score (nSPS) is 12.1. The van der Waals surface area contributed by atoms with Crippen LogP contribution in [0.2, 0.25) is 0 Å². The molecule has 0 aromatic heterocycles. The molecule has 0 atom stereocenters. The predicted molar refractivity (Wildman–Crippen MR) is 67.1 cm³/mol. The average molecular weight is 301 g/mol. The summed E-state index contributed by atoms with van der Waals surface area (Å²) in [5.41, 5.74) is 4.53. The standard InChI is InChI=1S/C10H14F2N2O2S.ClH/c1-10(2,6-13)14-17(15,16)7-3-4-8(11)9(12)5-7;/h3-5,14H,6,13H2,1-2H3;1H. The number of sulfonamides is 1. The van der Waals surface area contributed by atoms with Gasteiger partial charge in [-0.3, -0.25) is 0 Å². The van der Waals surface area contributed by atoms with E-state index in [1.807, 2.05) is 0 Å². The van der Waals surface area contributed by atoms with Gasteiger partial charge >= 0.3 is 0 Å². The van der Waals surface area contributed by atoms with Gasteiger partial charge in [0.25, 0.3) is 0 Å². The van der Waals surface area contributed by atoms with Gasteiger partial charge in [0.05, 0.1) is 4.90 Å². The summed E-state index contributed by atoms with van der Waals surface area (Å²) in [6, 6.07) is 2.39. The number of rotatable bonds is 4. The molecule has 8 heteroatoms. The van der Waals surface area contributed by atoms with E-state index in [9.17, 15) is 17.2 Å². The maximum atomic E-state index is 12.9. The van der Waals surface area contributed by atoms with Crippen molar-refractivity contribution in [3.05, 3.63) is 29.8 Å². The Hall–Kier alpha value is -0.760. The minimum absolute atomic E-state index is 0. The molecule has 1 aromatic carbocycles. The minimum Gasteiger partial charge on any atom is -0.329 e. The van der Waals surface area contributed by atoms with Crippen molar-refractivity contribution in [2.24, 2.45) is 5.73 Å². The summed E-state index contributed by atoms with van der Waals surface area (Å²) < 4.78 is 51.5. The first kappa shape index (κ1) is 17.2. The highest BCUT2D eigenvalue weighted by Crippen LogP contribution is 2.15. The van der Waals surface area contributed by atoms with Crippen molar-refractivity contribution in [3.8, 4) is 0 Å². The molecule has 0 aliphatic heterocycles. The molecular weight excluding hydrogens is 286 g/mol. The summed E-state index contributed by atoms with van der Waals surface area (Å²) in [5.74, 6) is -2.31. The van der Waals surface area contributed by atoms with Gasteiger partial charge in [-0.25, -0.2) is 21.9 Å². The summed E-state index contributed by atoms with van der Waals surface area (Å²) in [5, 5.41) is 0. The summed E-state index contributed by atoms with van der Waals surface area (Å²) in [6.07, 6.45) is 0. The van der Waals surface area contributed by atoms with Gasteiger partial charge in [-0.05, 0) is 32.0 Å². The summed E-state index contributed by atoms with van der Waals surface area (Å²) in [7, 11) is -3.91. The van der Waals surface area contributed by atoms with Crippen LogP contribution in [0.15, 0.2) is 23.1 Å². The van der Waals surface area contributed by atoms with E-state index in [1.165, 1.54) is 0 Å². The zero-order valence-corrected chi connectivity index (χ0v) is 11.5. The van der Waals surface area contributed by atoms with Crippen LogP contribution in [-0.2, 0) is 10.0 Å². The van der Waals surface area contributed by atoms with Crippen LogP contribution < -0.4 is 10.5 Å². The van der Waals surface area contributed by atoms with Crippen LogP contribution in [-0.4, -0.2) is 20.5 Å². The molecule has 0 heterocycles. The lowest BCUT2D eigenvalue weighted by Crippen LogP contribution is -2.48. The quantitative estimate of drug-likeness (QED) is 0.883. The summed E-state index contributed by atoms with van der Waals surface area (Å²) >= 11 is 0. The molecule has 0 saturated heterocycles. The number of halogens is 3. The van der Waals surface area contributed by atoms with E-state index in [-0.39, 0.29) is 23.8 Å². The summed E-state index contributed by atoms with van der Waals surface area (Å²) in [6.45, 7) is 3.25. The fourth-order valence-electron chi connectivity index (χ4n) is 1.11. The van der Waals surface area contributed by atoms with Crippen molar-refractivity contribution < 1.29 is 17.2 Å². The smallest absolute Gasteiger partial charge is 0.241 e. The Morgan fingerprint density at radius 1 is 1.28 bits per heavy atom. The van der Waals surface area contributed by atoms with E-state index >= 15 is 0 Å². The van der Waals surface area contributed by atoms with Crippen LogP contribution >= 0.6 is 12.4 Å². The Balaban J connectivity index is 0.00000289. The molecule has 0 amide bonds. The molecule has 0 fully saturated rings. The second-order valence-corrected chi connectivity index (χ2v) is 5.95. The second kappa shape index (κ2) is 5.92. The van der Waals surface area contributed by atoms with Crippen molar-refractivity contribution in [3.63, 3.8) is 0 Å². The lowest BCUT2D eigenvalue weighted by Gasteiger charge is -2.23. The van der Waals surface area contributed by atoms with Crippen LogP contribution in [0.25, 0.3) is 0 Å². The molecule has 0 spiro atoms. The van der Waals surface area contributed by atoms with E-state index in [4.69, 9.17) is 5.73 Å². The van der Waals surface area contributed by atoms with E-state index in [0.717, 1.165) is 12.1 Å². The predicted octanol–water partition coefficient (Wildman–Crippen LogP) is 1.40. The van der Waals surface area contributed by atoms with Gasteiger partial charge in [0.1, 0.15) is 0 Å². The van der Waals surface area contributed by atoms with Crippen LogP contribution in [0.5, 0.6) is 0 Å². The lowest BCUT2D eigenvalue weighted by molar-refractivity contribution is 0.461. The zero-order valence-electron chi connectivity index (χ0n) is 9.91. The molecule has 0 unspecified atom stereocenters. The highest BCUT2D eigenvalue weighted by atomic mass is 35.5. The molecule has 4 nitrogen and oxygen atoms in total. The van der Waals surface area contributed by atoms with Crippen molar-refractivity contribution in [2.45, 2.75) is 24.3 Å². The number of hydrogen-bond acceptors (Lipinski definition) is 3. The van der Waals surface area contributed by atoms with Gasteiger partial charge in [0.15, 0.2) is 11.6 Å². The number of nitrogens with two attached hydrogens (primary N) is 1. The minimum atomic E-state index is -3.91. The Morgan fingerprint density at radius 3 is 2.28 bits per heavy atom. The molecular formula is C10H15ClF2N2O2S. The van der Waals surface area contributed by atoms with Crippen molar-refractivity contribution in [1.29, 1.82) is 0 Å². The topological polar surface area (TPSA) is 72.2 Å². The third kappa shape index (κ3) is 4.16. The molecule has 1 rings (SSSR count). The van der Waals surface area contributed by atoms with Crippen LogP contribution in [0.1, 0.15) is 13.8 Å². The van der Waals surface area contributed by atoms with Gasteiger partial charge < -0.3 is 5.73 Å². The largest absolute Gasteiger partial charge is 0.329 e. The highest BCUT2D eigenvalue weighted by Gasteiger charge is 2.25.